The van der Waals surface area contributed by atoms with Gasteiger partial charge in [0.2, 0.25) is 5.91 Å². The van der Waals surface area contributed by atoms with Crippen molar-refractivity contribution in [1.82, 2.24) is 10.3 Å². The number of benzene rings is 1. The van der Waals surface area contributed by atoms with E-state index in [2.05, 4.69) is 10.3 Å². The molecule has 31 heavy (non-hydrogen) atoms. The number of hydrogen-bond acceptors (Lipinski definition) is 6. The van der Waals surface area contributed by atoms with E-state index in [-0.39, 0.29) is 17.8 Å². The number of ketones is 1. The van der Waals surface area contributed by atoms with E-state index >= 15 is 0 Å². The number of halogens is 1. The third-order valence-corrected chi connectivity index (χ3v) is 6.35. The molecule has 0 aliphatic carbocycles. The maximum absolute atomic E-state index is 12.1. The first-order valence-corrected chi connectivity index (χ1v) is 10.9. The molecule has 8 heteroatoms. The van der Waals surface area contributed by atoms with Crippen LogP contribution < -0.4 is 15.8 Å². The van der Waals surface area contributed by atoms with Gasteiger partial charge < -0.3 is 15.8 Å². The highest BCUT2D eigenvalue weighted by molar-refractivity contribution is 7.17. The second-order valence-electron chi connectivity index (χ2n) is 7.21. The molecule has 1 aromatic carbocycles. The highest BCUT2D eigenvalue weighted by atomic mass is 35.5. The second-order valence-corrected chi connectivity index (χ2v) is 8.70. The van der Waals surface area contributed by atoms with E-state index in [4.69, 9.17) is 22.1 Å². The van der Waals surface area contributed by atoms with E-state index in [9.17, 15) is 9.59 Å². The van der Waals surface area contributed by atoms with Crippen molar-refractivity contribution in [2.24, 2.45) is 0 Å². The van der Waals surface area contributed by atoms with Crippen LogP contribution in [0.2, 0.25) is 5.02 Å². The number of thiophene rings is 1. The van der Waals surface area contributed by atoms with Gasteiger partial charge in [0.25, 0.3) is 0 Å². The van der Waals surface area contributed by atoms with Gasteiger partial charge in [-0.1, -0.05) is 11.6 Å². The van der Waals surface area contributed by atoms with Gasteiger partial charge in [0, 0.05) is 29.1 Å². The van der Waals surface area contributed by atoms with Crippen molar-refractivity contribution in [2.75, 3.05) is 12.3 Å². The first-order chi connectivity index (χ1) is 14.9. The van der Waals surface area contributed by atoms with Crippen LogP contribution in [0.25, 0.3) is 16.5 Å². The molecule has 0 unspecified atom stereocenters. The Kier molecular flexibility index (Phi) is 6.06. The summed E-state index contributed by atoms with van der Waals surface area (Å²) in [6, 6.07) is 11.1. The number of aromatic nitrogens is 1. The average molecular weight is 454 g/mol. The molecule has 1 atom stereocenters. The van der Waals surface area contributed by atoms with Gasteiger partial charge in [-0.2, -0.15) is 0 Å². The first-order valence-electron chi connectivity index (χ1n) is 9.66. The summed E-state index contributed by atoms with van der Waals surface area (Å²) >= 11 is 7.89. The molecule has 3 N–H and O–H groups in total. The van der Waals surface area contributed by atoms with Crippen LogP contribution in [0.5, 0.6) is 5.75 Å². The second kappa shape index (κ2) is 8.91. The number of carbonyl (C=O) groups excluding carboxylic acids is 2. The van der Waals surface area contributed by atoms with Gasteiger partial charge in [-0.3, -0.25) is 9.59 Å². The molecule has 6 nitrogen and oxygen atoms in total. The first kappa shape index (κ1) is 21.1. The van der Waals surface area contributed by atoms with Gasteiger partial charge in [-0.15, -0.1) is 11.3 Å². The number of ether oxygens (including phenoxy) is 1. The van der Waals surface area contributed by atoms with Crippen molar-refractivity contribution >= 4 is 46.5 Å². The van der Waals surface area contributed by atoms with Crippen molar-refractivity contribution in [3.63, 3.8) is 0 Å². The van der Waals surface area contributed by atoms with E-state index < -0.39 is 0 Å². The van der Waals surface area contributed by atoms with Crippen LogP contribution >= 0.6 is 22.9 Å². The topological polar surface area (TPSA) is 94.3 Å². The number of hydrogen-bond donors (Lipinski definition) is 2. The monoisotopic (exact) mass is 453 g/mol. The number of nitrogen functional groups attached to an aromatic ring is 1. The van der Waals surface area contributed by atoms with Crippen molar-refractivity contribution in [3.8, 4) is 16.2 Å². The number of nitrogens with two attached hydrogens (primary N) is 1. The molecule has 0 radical (unpaired) electrons. The summed E-state index contributed by atoms with van der Waals surface area (Å²) in [6.07, 6.45) is 5.16. The summed E-state index contributed by atoms with van der Waals surface area (Å²) in [5.74, 6) is 0.902. The molecule has 1 amide bonds. The fourth-order valence-electron chi connectivity index (χ4n) is 3.29. The minimum absolute atomic E-state index is 0.0457. The Morgan fingerprint density at radius 2 is 2.16 bits per heavy atom. The lowest BCUT2D eigenvalue weighted by atomic mass is 10.1. The van der Waals surface area contributed by atoms with Gasteiger partial charge >= 0.3 is 0 Å². The number of Topliss-reactive ketones (excluding diaryl/α,β-unsaturated/α-hetero) is 1. The van der Waals surface area contributed by atoms with Gasteiger partial charge in [0.15, 0.2) is 5.78 Å². The van der Waals surface area contributed by atoms with Crippen LogP contribution in [-0.4, -0.2) is 29.3 Å². The fourth-order valence-corrected chi connectivity index (χ4v) is 4.46. The molecule has 2 aromatic heterocycles. The lowest BCUT2D eigenvalue weighted by Gasteiger charge is -2.11. The van der Waals surface area contributed by atoms with Crippen LogP contribution in [0.15, 0.2) is 48.7 Å². The van der Waals surface area contributed by atoms with Gasteiger partial charge in [0.1, 0.15) is 17.7 Å². The van der Waals surface area contributed by atoms with Crippen LogP contribution in [0, 0.1) is 0 Å². The Balaban J connectivity index is 1.38. The molecule has 0 bridgehead atoms. The van der Waals surface area contributed by atoms with Crippen molar-refractivity contribution in [3.05, 3.63) is 69.7 Å². The molecule has 4 rings (SSSR count). The number of rotatable bonds is 6. The summed E-state index contributed by atoms with van der Waals surface area (Å²) in [5.41, 5.74) is 8.28. The molecule has 1 aliphatic heterocycles. The van der Waals surface area contributed by atoms with Crippen LogP contribution in [0.3, 0.4) is 0 Å². The molecule has 3 heterocycles. The molecule has 0 saturated carbocycles. The summed E-state index contributed by atoms with van der Waals surface area (Å²) in [6.45, 7) is 1.91. The number of anilines is 1. The summed E-state index contributed by atoms with van der Waals surface area (Å²) in [4.78, 5) is 29.4. The third kappa shape index (κ3) is 4.95. The van der Waals surface area contributed by atoms with Crippen molar-refractivity contribution < 1.29 is 14.3 Å². The number of nitrogens with one attached hydrogen (secondary N) is 1. The zero-order chi connectivity index (χ0) is 22.0. The average Bonchev–Trinajstić information content (AvgIpc) is 3.39. The summed E-state index contributed by atoms with van der Waals surface area (Å²) < 4.78 is 5.95. The lowest BCUT2D eigenvalue weighted by molar-refractivity contribution is -0.116. The highest BCUT2D eigenvalue weighted by Crippen LogP contribution is 2.41. The molecular weight excluding hydrogens is 434 g/mol. The number of pyridine rings is 1. The van der Waals surface area contributed by atoms with Gasteiger partial charge in [-0.25, -0.2) is 4.98 Å². The Bertz CT molecular complexity index is 1170. The van der Waals surface area contributed by atoms with Crippen molar-refractivity contribution in [1.29, 1.82) is 0 Å². The standard InChI is InChI=1S/C23H20ClN3O3S/c1-13(28)19-4-5-20(31-19)15-8-16-9-17(30-23(16)18(24)10-15)12-27-22(29)7-3-14-2-6-21(25)26-11-14/h2-8,10-11,17H,9,12H2,1H3,(H2,25,26)(H,27,29)/b7-3+/t17-/m1/s1. The Morgan fingerprint density at radius 3 is 2.87 bits per heavy atom. The number of nitrogens with zero attached hydrogens (tertiary/aromatic N) is 1. The smallest absolute Gasteiger partial charge is 0.244 e. The van der Waals surface area contributed by atoms with Crippen LogP contribution in [-0.2, 0) is 11.2 Å². The van der Waals surface area contributed by atoms with E-state index in [0.29, 0.717) is 34.4 Å². The van der Waals surface area contributed by atoms with Crippen LogP contribution in [0.1, 0.15) is 27.7 Å². The zero-order valence-corrected chi connectivity index (χ0v) is 18.3. The zero-order valence-electron chi connectivity index (χ0n) is 16.7. The lowest BCUT2D eigenvalue weighted by Crippen LogP contribution is -2.33. The van der Waals surface area contributed by atoms with Gasteiger partial charge in [-0.05, 0) is 60.5 Å². The molecule has 3 aromatic rings. The molecule has 1 aliphatic rings. The van der Waals surface area contributed by atoms with E-state index in [1.807, 2.05) is 24.3 Å². The minimum atomic E-state index is -0.224. The molecule has 158 valence electrons. The Labute approximate surface area is 188 Å². The quantitative estimate of drug-likeness (QED) is 0.426. The fraction of sp³-hybridized carbons (Fsp3) is 0.174. The molecule has 0 spiro atoms. The molecule has 0 fully saturated rings. The largest absolute Gasteiger partial charge is 0.486 e. The maximum Gasteiger partial charge on any atom is 0.244 e. The SMILES string of the molecule is CC(=O)c1ccc(-c2cc(Cl)c3c(c2)C[C@H](CNC(=O)/C=C/c2ccc(N)nc2)O3)s1. The minimum Gasteiger partial charge on any atom is -0.486 e. The highest BCUT2D eigenvalue weighted by Gasteiger charge is 2.26. The van der Waals surface area contributed by atoms with E-state index in [0.717, 1.165) is 21.6 Å². The third-order valence-electron chi connectivity index (χ3n) is 4.83. The predicted octanol–water partition coefficient (Wildman–Crippen LogP) is 4.38. The summed E-state index contributed by atoms with van der Waals surface area (Å²) in [5, 5.41) is 3.37. The van der Waals surface area contributed by atoms with E-state index in [1.54, 1.807) is 31.3 Å². The Morgan fingerprint density at radius 1 is 1.32 bits per heavy atom. The summed E-state index contributed by atoms with van der Waals surface area (Å²) in [7, 11) is 0. The number of carbonyl (C=O) groups is 2. The molecular formula is C23H20ClN3O3S. The molecule has 0 saturated heterocycles. The van der Waals surface area contributed by atoms with E-state index in [1.165, 1.54) is 17.4 Å². The Hall–Kier alpha value is -3.16. The maximum atomic E-state index is 12.1. The predicted molar refractivity (Wildman–Crippen MR) is 124 cm³/mol. The normalized spacial score (nSPS) is 15.0. The van der Waals surface area contributed by atoms with Crippen LogP contribution in [0.4, 0.5) is 5.82 Å². The van der Waals surface area contributed by atoms with Gasteiger partial charge in [0.05, 0.1) is 16.4 Å². The number of amides is 1. The van der Waals surface area contributed by atoms with Crippen molar-refractivity contribution in [2.45, 2.75) is 19.4 Å². The number of fused-ring (bicyclic) bond motifs is 1.